The highest BCUT2D eigenvalue weighted by Crippen LogP contribution is 2.27. The Labute approximate surface area is 200 Å². The fourth-order valence-corrected chi connectivity index (χ4v) is 3.72. The number of nitrogens with one attached hydrogen (secondary N) is 1. The van der Waals surface area contributed by atoms with Crippen LogP contribution in [0.25, 0.3) is 5.69 Å². The fraction of sp³-hybridized carbons (Fsp3) is 0.346. The fourth-order valence-electron chi connectivity index (χ4n) is 3.60. The van der Waals surface area contributed by atoms with Crippen molar-refractivity contribution in [1.82, 2.24) is 14.7 Å². The monoisotopic (exact) mass is 466 g/mol. The van der Waals surface area contributed by atoms with Crippen LogP contribution in [0.1, 0.15) is 51.3 Å². The van der Waals surface area contributed by atoms with Gasteiger partial charge in [-0.15, -0.1) is 0 Å². The Balaban J connectivity index is 1.78. The van der Waals surface area contributed by atoms with E-state index in [1.807, 2.05) is 55.5 Å². The van der Waals surface area contributed by atoms with Gasteiger partial charge >= 0.3 is 0 Å². The van der Waals surface area contributed by atoms with Gasteiger partial charge in [-0.05, 0) is 36.2 Å². The second-order valence-corrected chi connectivity index (χ2v) is 9.60. The maximum atomic E-state index is 13.0. The number of hydrogen-bond acceptors (Lipinski definition) is 3. The largest absolute Gasteiger partial charge is 0.336 e. The third kappa shape index (κ3) is 6.02. The number of carbonyl (C=O) groups excluding carboxylic acids is 2. The number of carbonyl (C=O) groups is 2. The van der Waals surface area contributed by atoms with Crippen molar-refractivity contribution >= 4 is 29.2 Å². The average Bonchev–Trinajstić information content (AvgIpc) is 3.19. The van der Waals surface area contributed by atoms with Gasteiger partial charge in [-0.1, -0.05) is 69.6 Å². The Morgan fingerprint density at radius 2 is 1.73 bits per heavy atom. The minimum Gasteiger partial charge on any atom is -0.336 e. The third-order valence-corrected chi connectivity index (χ3v) is 5.73. The molecule has 1 unspecified atom stereocenters. The maximum absolute atomic E-state index is 13.0. The van der Waals surface area contributed by atoms with Crippen molar-refractivity contribution in [3.63, 3.8) is 0 Å². The van der Waals surface area contributed by atoms with Crippen LogP contribution in [0.2, 0.25) is 5.02 Å². The Hall–Kier alpha value is -3.12. The lowest BCUT2D eigenvalue weighted by Gasteiger charge is -2.23. The lowest BCUT2D eigenvalue weighted by molar-refractivity contribution is -0.134. The molecule has 0 bridgehead atoms. The van der Waals surface area contributed by atoms with E-state index in [-0.39, 0.29) is 29.7 Å². The molecule has 2 amide bonds. The summed E-state index contributed by atoms with van der Waals surface area (Å²) in [4.78, 5) is 27.4. The molecule has 0 aliphatic rings. The summed E-state index contributed by atoms with van der Waals surface area (Å²) >= 11 is 6.03. The molecule has 3 aromatic rings. The van der Waals surface area contributed by atoms with Crippen LogP contribution in [0, 0.1) is 0 Å². The van der Waals surface area contributed by atoms with Crippen LogP contribution in [-0.4, -0.2) is 40.1 Å². The summed E-state index contributed by atoms with van der Waals surface area (Å²) in [7, 11) is 1.66. The Kier molecular flexibility index (Phi) is 7.59. The predicted octanol–water partition coefficient (Wildman–Crippen LogP) is 5.41. The van der Waals surface area contributed by atoms with E-state index >= 15 is 0 Å². The molecule has 7 heteroatoms. The summed E-state index contributed by atoms with van der Waals surface area (Å²) in [6.45, 7) is 8.11. The van der Waals surface area contributed by atoms with E-state index in [0.29, 0.717) is 17.3 Å². The lowest BCUT2D eigenvalue weighted by atomic mass is 9.92. The summed E-state index contributed by atoms with van der Waals surface area (Å²) < 4.78 is 1.69. The first kappa shape index (κ1) is 24.5. The lowest BCUT2D eigenvalue weighted by Crippen LogP contribution is -2.38. The molecule has 0 radical (unpaired) electrons. The zero-order valence-corrected chi connectivity index (χ0v) is 20.6. The highest BCUT2D eigenvalue weighted by atomic mass is 35.5. The number of amides is 2. The molecule has 1 heterocycles. The molecule has 0 fully saturated rings. The zero-order chi connectivity index (χ0) is 24.2. The molecule has 0 saturated carbocycles. The van der Waals surface area contributed by atoms with Crippen LogP contribution in [0.4, 0.5) is 5.82 Å². The van der Waals surface area contributed by atoms with Gasteiger partial charge in [0.2, 0.25) is 11.8 Å². The maximum Gasteiger partial charge on any atom is 0.245 e. The van der Waals surface area contributed by atoms with Crippen LogP contribution in [0.5, 0.6) is 0 Å². The van der Waals surface area contributed by atoms with E-state index in [4.69, 9.17) is 16.7 Å². The molecular weight excluding hydrogens is 436 g/mol. The number of anilines is 1. The van der Waals surface area contributed by atoms with Crippen LogP contribution < -0.4 is 5.32 Å². The van der Waals surface area contributed by atoms with Crippen molar-refractivity contribution in [2.45, 2.75) is 45.4 Å². The number of rotatable bonds is 7. The third-order valence-electron chi connectivity index (χ3n) is 5.48. The van der Waals surface area contributed by atoms with Gasteiger partial charge in [0.25, 0.3) is 0 Å². The van der Waals surface area contributed by atoms with Gasteiger partial charge in [-0.25, -0.2) is 4.68 Å². The number of likely N-dealkylation sites (N-methyl/N-ethyl adjacent to an activating group) is 1. The number of aromatic nitrogens is 2. The van der Waals surface area contributed by atoms with E-state index in [1.54, 1.807) is 23.9 Å². The van der Waals surface area contributed by atoms with Crippen LogP contribution >= 0.6 is 11.6 Å². The molecule has 174 valence electrons. The van der Waals surface area contributed by atoms with Crippen molar-refractivity contribution in [2.24, 2.45) is 0 Å². The van der Waals surface area contributed by atoms with Crippen LogP contribution in [0.15, 0.2) is 60.7 Å². The molecule has 0 aliphatic carbocycles. The Bertz CT molecular complexity index is 1100. The smallest absolute Gasteiger partial charge is 0.245 e. The van der Waals surface area contributed by atoms with Crippen molar-refractivity contribution in [2.75, 3.05) is 18.9 Å². The number of hydrogen-bond donors (Lipinski definition) is 1. The molecule has 2 aromatic carbocycles. The van der Waals surface area contributed by atoms with Gasteiger partial charge in [-0.2, -0.15) is 5.10 Å². The second-order valence-electron chi connectivity index (χ2n) is 9.17. The highest BCUT2D eigenvalue weighted by molar-refractivity contribution is 6.30. The standard InChI is InChI=1S/C26H31ClN4O2/c1-6-21(18-10-8-7-9-11-18)25(33)30(5)17-24(32)28-23-16-22(26(2,3)4)29-31(23)20-14-12-19(27)13-15-20/h7-16,21H,6,17H2,1-5H3,(H,28,32). The first-order valence-corrected chi connectivity index (χ1v) is 11.4. The molecule has 0 aliphatic heterocycles. The quantitative estimate of drug-likeness (QED) is 0.506. The molecule has 1 atom stereocenters. The summed E-state index contributed by atoms with van der Waals surface area (Å²) in [6, 6.07) is 18.8. The first-order valence-electron chi connectivity index (χ1n) is 11.1. The first-order chi connectivity index (χ1) is 15.6. The summed E-state index contributed by atoms with van der Waals surface area (Å²) in [5, 5.41) is 8.26. The van der Waals surface area contributed by atoms with Crippen molar-refractivity contribution in [3.05, 3.63) is 76.9 Å². The summed E-state index contributed by atoms with van der Waals surface area (Å²) in [6.07, 6.45) is 0.660. The molecule has 3 rings (SSSR count). The minimum atomic E-state index is -0.288. The van der Waals surface area contributed by atoms with E-state index in [9.17, 15) is 9.59 Å². The molecule has 1 aromatic heterocycles. The van der Waals surface area contributed by atoms with Gasteiger partial charge in [0.1, 0.15) is 5.82 Å². The molecule has 33 heavy (non-hydrogen) atoms. The molecule has 1 N–H and O–H groups in total. The van der Waals surface area contributed by atoms with Gasteiger partial charge in [0, 0.05) is 23.6 Å². The summed E-state index contributed by atoms with van der Waals surface area (Å²) in [5.74, 6) is -0.107. The normalized spacial score (nSPS) is 12.3. The Morgan fingerprint density at radius 3 is 2.30 bits per heavy atom. The number of nitrogens with zero attached hydrogens (tertiary/aromatic N) is 3. The number of halogens is 1. The van der Waals surface area contributed by atoms with Crippen LogP contribution in [-0.2, 0) is 15.0 Å². The van der Waals surface area contributed by atoms with Crippen LogP contribution in [0.3, 0.4) is 0 Å². The zero-order valence-electron chi connectivity index (χ0n) is 19.8. The second kappa shape index (κ2) is 10.2. The van der Waals surface area contributed by atoms with Crippen molar-refractivity contribution in [1.29, 1.82) is 0 Å². The summed E-state index contributed by atoms with van der Waals surface area (Å²) in [5.41, 5.74) is 2.37. The van der Waals surface area contributed by atoms with Crippen molar-refractivity contribution in [3.8, 4) is 5.69 Å². The van der Waals surface area contributed by atoms with E-state index in [1.165, 1.54) is 4.90 Å². The predicted molar refractivity (Wildman–Crippen MR) is 133 cm³/mol. The molecule has 0 spiro atoms. The average molecular weight is 467 g/mol. The topological polar surface area (TPSA) is 67.2 Å². The van der Waals surface area contributed by atoms with E-state index in [0.717, 1.165) is 16.9 Å². The van der Waals surface area contributed by atoms with Gasteiger partial charge in [0.05, 0.1) is 23.8 Å². The molecular formula is C26H31ClN4O2. The van der Waals surface area contributed by atoms with Gasteiger partial charge < -0.3 is 10.2 Å². The number of benzene rings is 2. The SMILES string of the molecule is CCC(C(=O)N(C)CC(=O)Nc1cc(C(C)(C)C)nn1-c1ccc(Cl)cc1)c1ccccc1. The van der Waals surface area contributed by atoms with E-state index in [2.05, 4.69) is 26.1 Å². The van der Waals surface area contributed by atoms with Crippen molar-refractivity contribution < 1.29 is 9.59 Å². The highest BCUT2D eigenvalue weighted by Gasteiger charge is 2.25. The molecule has 6 nitrogen and oxygen atoms in total. The van der Waals surface area contributed by atoms with Gasteiger partial charge in [-0.3, -0.25) is 9.59 Å². The Morgan fingerprint density at radius 1 is 1.09 bits per heavy atom. The molecule has 0 saturated heterocycles. The van der Waals surface area contributed by atoms with Gasteiger partial charge in [0.15, 0.2) is 0 Å². The van der Waals surface area contributed by atoms with E-state index < -0.39 is 0 Å². The minimum absolute atomic E-state index is 0.0567.